The smallest absolute Gasteiger partial charge is 0.258 e. The van der Waals surface area contributed by atoms with Crippen LogP contribution in [0.2, 0.25) is 0 Å². The van der Waals surface area contributed by atoms with E-state index in [-0.39, 0.29) is 11.8 Å². The van der Waals surface area contributed by atoms with Gasteiger partial charge in [-0.05, 0) is 81.3 Å². The monoisotopic (exact) mass is 696 g/mol. The van der Waals surface area contributed by atoms with Crippen molar-refractivity contribution in [1.82, 2.24) is 19.8 Å². The maximum atomic E-state index is 13.8. The van der Waals surface area contributed by atoms with Gasteiger partial charge in [-0.3, -0.25) is 9.59 Å². The average molecular weight is 697 g/mol. The number of imidazole rings is 1. The fourth-order valence-electron chi connectivity index (χ4n) is 6.04. The molecule has 5 rings (SSSR count). The number of carbonyl (C=O) groups is 2. The van der Waals surface area contributed by atoms with Crippen molar-refractivity contribution in [3.63, 3.8) is 0 Å². The molecule has 2 amide bonds. The molecule has 0 atom stereocenters. The van der Waals surface area contributed by atoms with Gasteiger partial charge in [-0.1, -0.05) is 12.1 Å². The second-order valence-electron chi connectivity index (χ2n) is 12.8. The van der Waals surface area contributed by atoms with Crippen molar-refractivity contribution in [2.75, 3.05) is 89.2 Å². The van der Waals surface area contributed by atoms with Gasteiger partial charge < -0.3 is 45.1 Å². The number of fused-ring (bicyclic) bond motifs is 1. The minimum absolute atomic E-state index is 0.275. The number of hydrogen-bond donors (Lipinski definition) is 3. The number of benzene rings is 3. The van der Waals surface area contributed by atoms with E-state index in [0.717, 1.165) is 55.8 Å². The Balaban J connectivity index is 1.23. The highest BCUT2D eigenvalue weighted by atomic mass is 16.5. The van der Waals surface area contributed by atoms with Crippen molar-refractivity contribution in [3.05, 3.63) is 77.0 Å². The van der Waals surface area contributed by atoms with Gasteiger partial charge >= 0.3 is 0 Å². The summed E-state index contributed by atoms with van der Waals surface area (Å²) in [5.41, 5.74) is 10.5. The highest BCUT2D eigenvalue weighted by Gasteiger charge is 2.22. The second-order valence-corrected chi connectivity index (χ2v) is 12.8. The largest absolute Gasteiger partial charge is 0.495 e. The number of nitrogens with zero attached hydrogens (tertiary/aromatic N) is 5. The number of aromatic nitrogens is 2. The number of nitrogens with two attached hydrogens (primary N) is 1. The SMILES string of the molecule is COc1cc(C(=O)N(C)c2ccc(C)cc2OCCCCC(=C=O)N2CCN(C)CC2)ccc1NC(=O)c1cccc2[nH]c(N(C)CCN)nc12. The molecule has 13 heteroatoms. The third-order valence-corrected chi connectivity index (χ3v) is 9.12. The topological polar surface area (TPSA) is 149 Å². The number of para-hydroxylation sites is 1. The molecular weight excluding hydrogens is 648 g/mol. The number of nitrogens with one attached hydrogen (secondary N) is 2. The third-order valence-electron chi connectivity index (χ3n) is 9.12. The molecule has 1 aliphatic heterocycles. The summed E-state index contributed by atoms with van der Waals surface area (Å²) in [4.78, 5) is 54.6. The van der Waals surface area contributed by atoms with Crippen LogP contribution in [0.1, 0.15) is 45.5 Å². The molecule has 1 aromatic heterocycles. The Morgan fingerprint density at radius 3 is 2.55 bits per heavy atom. The Morgan fingerprint density at radius 1 is 1.04 bits per heavy atom. The van der Waals surface area contributed by atoms with E-state index in [1.54, 1.807) is 42.3 Å². The highest BCUT2D eigenvalue weighted by molar-refractivity contribution is 6.13. The van der Waals surface area contributed by atoms with E-state index in [0.29, 0.717) is 71.6 Å². The Labute approximate surface area is 299 Å². The summed E-state index contributed by atoms with van der Waals surface area (Å²) in [6, 6.07) is 16.0. The number of carbonyl (C=O) groups excluding carboxylic acids is 3. The Morgan fingerprint density at radius 2 is 1.82 bits per heavy atom. The standard InChI is InChI=1S/C38H48N8O5/c1-26-12-15-32(34(23-26)51-22-7-6-9-28(25-47)46-20-18-43(2)19-21-46)45(4)37(49)27-13-14-30(33(24-27)50-5)40-36(48)29-10-8-11-31-35(29)42-38(41-31)44(3)17-16-39/h8,10-15,23-24H,6-7,9,16-22,39H2,1-5H3,(H,40,48)(H,41,42). The van der Waals surface area contributed by atoms with Gasteiger partial charge in [-0.15, -0.1) is 0 Å². The summed E-state index contributed by atoms with van der Waals surface area (Å²) in [6.07, 6.45) is 2.19. The van der Waals surface area contributed by atoms with Crippen molar-refractivity contribution in [2.45, 2.75) is 26.2 Å². The maximum Gasteiger partial charge on any atom is 0.258 e. The number of likely N-dealkylation sites (N-methyl/N-ethyl adjacent to an activating group) is 2. The summed E-state index contributed by atoms with van der Waals surface area (Å²) >= 11 is 0. The first-order valence-corrected chi connectivity index (χ1v) is 17.2. The molecule has 3 aromatic carbocycles. The summed E-state index contributed by atoms with van der Waals surface area (Å²) in [7, 11) is 7.15. The number of anilines is 3. The number of aryl methyl sites for hydroxylation is 1. The molecule has 1 fully saturated rings. The number of rotatable bonds is 15. The molecule has 4 N–H and O–H groups in total. The van der Waals surface area contributed by atoms with Crippen molar-refractivity contribution < 1.29 is 23.9 Å². The van der Waals surface area contributed by atoms with Gasteiger partial charge in [0.25, 0.3) is 11.8 Å². The molecule has 1 aliphatic rings. The number of aromatic amines is 1. The lowest BCUT2D eigenvalue weighted by atomic mass is 10.1. The normalized spacial score (nSPS) is 13.1. The van der Waals surface area contributed by atoms with Crippen LogP contribution < -0.4 is 30.3 Å². The quantitative estimate of drug-likeness (QED) is 0.121. The van der Waals surface area contributed by atoms with Gasteiger partial charge in [0.2, 0.25) is 5.95 Å². The van der Waals surface area contributed by atoms with Crippen LogP contribution in [-0.2, 0) is 4.79 Å². The zero-order valence-corrected chi connectivity index (χ0v) is 30.1. The minimum Gasteiger partial charge on any atom is -0.495 e. The van der Waals surface area contributed by atoms with E-state index in [1.807, 2.05) is 43.1 Å². The van der Waals surface area contributed by atoms with Crippen LogP contribution in [-0.4, -0.2) is 112 Å². The molecule has 270 valence electrons. The minimum atomic E-state index is -0.367. The van der Waals surface area contributed by atoms with E-state index in [9.17, 15) is 14.4 Å². The molecule has 0 bridgehead atoms. The van der Waals surface area contributed by atoms with Gasteiger partial charge in [0.05, 0.1) is 41.9 Å². The van der Waals surface area contributed by atoms with Crippen LogP contribution >= 0.6 is 0 Å². The first-order valence-electron chi connectivity index (χ1n) is 17.2. The number of H-pyrrole nitrogens is 1. The van der Waals surface area contributed by atoms with Crippen LogP contribution in [0.25, 0.3) is 11.0 Å². The molecule has 0 radical (unpaired) electrons. The number of piperazine rings is 1. The van der Waals surface area contributed by atoms with E-state index >= 15 is 0 Å². The summed E-state index contributed by atoms with van der Waals surface area (Å²) in [6.45, 7) is 7.03. The van der Waals surface area contributed by atoms with Crippen molar-refractivity contribution in [2.24, 2.45) is 5.73 Å². The predicted molar refractivity (Wildman–Crippen MR) is 201 cm³/mol. The summed E-state index contributed by atoms with van der Waals surface area (Å²) in [5.74, 6) is 3.05. The number of allylic oxidation sites excluding steroid dienone is 1. The fraction of sp³-hybridized carbons (Fsp3) is 0.395. The van der Waals surface area contributed by atoms with Crippen LogP contribution in [0.15, 0.2) is 60.3 Å². The first-order chi connectivity index (χ1) is 24.6. The van der Waals surface area contributed by atoms with E-state index < -0.39 is 0 Å². The lowest BCUT2D eigenvalue weighted by molar-refractivity contribution is 0.0990. The van der Waals surface area contributed by atoms with Crippen LogP contribution in [0.4, 0.5) is 17.3 Å². The first kappa shape index (κ1) is 36.9. The Bertz CT molecular complexity index is 1890. The van der Waals surface area contributed by atoms with Gasteiger partial charge in [0.1, 0.15) is 23.0 Å². The van der Waals surface area contributed by atoms with Crippen molar-refractivity contribution >= 4 is 46.1 Å². The summed E-state index contributed by atoms with van der Waals surface area (Å²) in [5, 5.41) is 2.92. The molecule has 0 saturated carbocycles. The summed E-state index contributed by atoms with van der Waals surface area (Å²) < 4.78 is 11.8. The van der Waals surface area contributed by atoms with Crippen LogP contribution in [0.5, 0.6) is 11.5 Å². The second kappa shape index (κ2) is 17.0. The molecule has 13 nitrogen and oxygen atoms in total. The Kier molecular flexibility index (Phi) is 12.3. The van der Waals surface area contributed by atoms with E-state index in [1.165, 1.54) is 7.11 Å². The number of methoxy groups -OCH3 is 1. The molecule has 0 unspecified atom stereocenters. The number of ether oxygens (including phenoxy) is 2. The van der Waals surface area contributed by atoms with Gasteiger partial charge in [0.15, 0.2) is 0 Å². The molecular formula is C38H48N8O5. The third kappa shape index (κ3) is 8.87. The van der Waals surface area contributed by atoms with Crippen LogP contribution in [0, 0.1) is 6.92 Å². The van der Waals surface area contributed by atoms with Gasteiger partial charge in [-0.2, -0.15) is 0 Å². The lowest BCUT2D eigenvalue weighted by Gasteiger charge is -2.34. The average Bonchev–Trinajstić information content (AvgIpc) is 3.58. The van der Waals surface area contributed by atoms with Gasteiger partial charge in [-0.25, -0.2) is 9.78 Å². The molecule has 0 spiro atoms. The fourth-order valence-corrected chi connectivity index (χ4v) is 6.04. The van der Waals surface area contributed by atoms with Gasteiger partial charge in [0, 0.05) is 58.9 Å². The zero-order valence-electron chi connectivity index (χ0n) is 30.1. The van der Waals surface area contributed by atoms with Crippen LogP contribution in [0.3, 0.4) is 0 Å². The molecule has 1 saturated heterocycles. The molecule has 0 aliphatic carbocycles. The number of amides is 2. The van der Waals surface area contributed by atoms with Crippen molar-refractivity contribution in [1.29, 1.82) is 0 Å². The van der Waals surface area contributed by atoms with E-state index in [2.05, 4.69) is 38.1 Å². The molecule has 4 aromatic rings. The Hall–Kier alpha value is -5.36. The number of hydrogen-bond acceptors (Lipinski definition) is 10. The maximum absolute atomic E-state index is 13.8. The predicted octanol–water partition coefficient (Wildman–Crippen LogP) is 4.32. The lowest BCUT2D eigenvalue weighted by Crippen LogP contribution is -2.44. The molecule has 51 heavy (non-hydrogen) atoms. The molecule has 2 heterocycles. The number of unbranched alkanes of at least 4 members (excludes halogenated alkanes) is 1. The van der Waals surface area contributed by atoms with Crippen molar-refractivity contribution in [3.8, 4) is 11.5 Å². The van der Waals surface area contributed by atoms with E-state index in [4.69, 9.17) is 15.2 Å². The highest BCUT2D eigenvalue weighted by Crippen LogP contribution is 2.32. The zero-order chi connectivity index (χ0) is 36.5.